The molecule has 0 saturated carbocycles. The molecule has 8 nitrogen and oxygen atoms in total. The highest BCUT2D eigenvalue weighted by Gasteiger charge is 2.41. The van der Waals surface area contributed by atoms with Crippen LogP contribution in [0.25, 0.3) is 0 Å². The average molecular weight is 663 g/mol. The second-order valence-corrected chi connectivity index (χ2v) is 26.9. The normalized spacial score (nSPS) is 26.6. The van der Waals surface area contributed by atoms with Crippen molar-refractivity contribution >= 4 is 63.0 Å². The van der Waals surface area contributed by atoms with Gasteiger partial charge < -0.3 is 22.7 Å². The third kappa shape index (κ3) is 11.1. The summed E-state index contributed by atoms with van der Waals surface area (Å²) in [5, 5.41) is 3.46. The van der Waals surface area contributed by atoms with Crippen LogP contribution in [0.15, 0.2) is 24.3 Å². The van der Waals surface area contributed by atoms with Crippen LogP contribution in [0.1, 0.15) is 38.5 Å². The molecule has 1 radical (unpaired) electrons. The van der Waals surface area contributed by atoms with E-state index < -0.39 is 64.7 Å². The molecule has 0 spiro atoms. The van der Waals surface area contributed by atoms with E-state index in [1.165, 1.54) is 0 Å². The number of hydrogen-bond acceptors (Lipinski definition) is 7. The van der Waals surface area contributed by atoms with E-state index in [0.29, 0.717) is 24.8 Å². The van der Waals surface area contributed by atoms with Gasteiger partial charge in [-0.05, 0) is 62.7 Å². The average Bonchev–Trinajstić information content (AvgIpc) is 3.17. The molecule has 235 valence electrons. The number of hydrogen-bond donors (Lipinski definition) is 1. The first-order valence-electron chi connectivity index (χ1n) is 14.5. The van der Waals surface area contributed by atoms with E-state index in [-0.39, 0.29) is 12.3 Å². The molecule has 1 amide bonds. The van der Waals surface area contributed by atoms with Gasteiger partial charge in [-0.15, -0.1) is 0 Å². The number of cyclic esters (lactones) is 2. The topological polar surface area (TPSA) is 100 Å². The van der Waals surface area contributed by atoms with E-state index in [4.69, 9.17) is 12.7 Å². The smallest absolute Gasteiger partial charge is 0.397 e. The summed E-state index contributed by atoms with van der Waals surface area (Å²) in [5.74, 6) is -2.34. The van der Waals surface area contributed by atoms with Crippen LogP contribution < -0.4 is 10.5 Å². The zero-order valence-corrected chi connectivity index (χ0v) is 29.2. The lowest BCUT2D eigenvalue weighted by molar-refractivity contribution is -0.154. The Hall–Kier alpha value is -1.63. The minimum Gasteiger partial charge on any atom is -0.435 e. The largest absolute Gasteiger partial charge is 0.435 e. The zero-order chi connectivity index (χ0) is 31.2. The molecule has 3 unspecified atom stereocenters. The molecular weight excluding hydrogens is 620 g/mol. The van der Waals surface area contributed by atoms with Crippen molar-refractivity contribution in [2.24, 2.45) is 5.92 Å². The molecule has 2 heterocycles. The van der Waals surface area contributed by atoms with Gasteiger partial charge in [-0.2, -0.15) is 13.2 Å². The van der Waals surface area contributed by atoms with Crippen LogP contribution in [-0.4, -0.2) is 64.9 Å². The molecule has 1 N–H and O–H groups in total. The monoisotopic (exact) mass is 662 g/mol. The zero-order valence-electron chi connectivity index (χ0n) is 25.2. The Morgan fingerprint density at radius 1 is 1.14 bits per heavy atom. The minimum absolute atomic E-state index is 0.144. The van der Waals surface area contributed by atoms with Crippen molar-refractivity contribution in [3.05, 3.63) is 24.3 Å². The first kappa shape index (κ1) is 34.9. The van der Waals surface area contributed by atoms with E-state index in [9.17, 15) is 27.6 Å². The Morgan fingerprint density at radius 2 is 1.88 bits per heavy atom. The van der Waals surface area contributed by atoms with Gasteiger partial charge in [-0.25, -0.2) is 0 Å². The lowest BCUT2D eigenvalue weighted by atomic mass is 10.0. The van der Waals surface area contributed by atoms with Gasteiger partial charge in [0.25, 0.3) is 0 Å². The third-order valence-electron chi connectivity index (χ3n) is 7.97. The number of carbonyl (C=O) groups excluding carboxylic acids is 3. The molecule has 0 aromatic heterocycles. The number of nitrogens with one attached hydrogen (secondary N) is 1. The summed E-state index contributed by atoms with van der Waals surface area (Å²) in [6.45, 7) is 11.4. The molecule has 2 aliphatic heterocycles. The molecule has 1 aromatic carbocycles. The number of anilines is 1. The van der Waals surface area contributed by atoms with Crippen LogP contribution in [0, 0.1) is 5.92 Å². The second kappa shape index (κ2) is 14.4. The molecular formula is C27H43F3NO7Si4. The summed E-state index contributed by atoms with van der Waals surface area (Å²) < 4.78 is 62.1. The molecule has 42 heavy (non-hydrogen) atoms. The number of carbonyl (C=O) groups is 3. The molecule has 2 fully saturated rings. The summed E-state index contributed by atoms with van der Waals surface area (Å²) in [5.41, 5.74) is 0.383. The first-order chi connectivity index (χ1) is 19.5. The summed E-state index contributed by atoms with van der Waals surface area (Å²) in [6.07, 6.45) is -2.71. The van der Waals surface area contributed by atoms with Crippen LogP contribution in [0.5, 0.6) is 0 Å². The fraction of sp³-hybridized carbons (Fsp3) is 0.667. The Labute approximate surface area is 251 Å². The van der Waals surface area contributed by atoms with Crippen LogP contribution in [0.2, 0.25) is 56.9 Å². The van der Waals surface area contributed by atoms with Crippen molar-refractivity contribution in [2.75, 3.05) is 11.9 Å². The molecule has 3 atom stereocenters. The highest BCUT2D eigenvalue weighted by atomic mass is 28.5. The number of esters is 2. The van der Waals surface area contributed by atoms with Gasteiger partial charge in [0.15, 0.2) is 8.32 Å². The van der Waals surface area contributed by atoms with Gasteiger partial charge in [0, 0.05) is 12.3 Å². The number of benzene rings is 1. The Bertz CT molecular complexity index is 1130. The highest BCUT2D eigenvalue weighted by molar-refractivity contribution is 6.91. The SMILES string of the molecule is C[Si]1O[Si](C)(CC[Si](C)(C)c2cccc(NC(=O)CC(F)(F)F)c2)CCCCO[Si](C)(CCCC2CC(=O)OC2=O)O1. The summed E-state index contributed by atoms with van der Waals surface area (Å²) in [6, 6.07) is 10.8. The Morgan fingerprint density at radius 3 is 2.55 bits per heavy atom. The molecule has 2 aliphatic rings. The van der Waals surface area contributed by atoms with Gasteiger partial charge >= 0.3 is 36.0 Å². The summed E-state index contributed by atoms with van der Waals surface area (Å²) in [7, 11) is -8.31. The van der Waals surface area contributed by atoms with Crippen molar-refractivity contribution < 1.29 is 44.9 Å². The fourth-order valence-corrected chi connectivity index (χ4v) is 21.5. The van der Waals surface area contributed by atoms with Crippen molar-refractivity contribution in [1.82, 2.24) is 0 Å². The van der Waals surface area contributed by atoms with Crippen LogP contribution >= 0.6 is 0 Å². The van der Waals surface area contributed by atoms with E-state index in [0.717, 1.165) is 42.6 Å². The van der Waals surface area contributed by atoms with E-state index >= 15 is 0 Å². The Balaban J connectivity index is 1.59. The minimum atomic E-state index is -4.55. The lowest BCUT2D eigenvalue weighted by Crippen LogP contribution is -2.50. The fourth-order valence-electron chi connectivity index (χ4n) is 5.48. The first-order valence-corrected chi connectivity index (χ1v) is 24.9. The quantitative estimate of drug-likeness (QED) is 0.187. The van der Waals surface area contributed by atoms with Gasteiger partial charge in [0.05, 0.1) is 20.4 Å². The predicted molar refractivity (Wildman–Crippen MR) is 163 cm³/mol. The molecule has 0 aliphatic carbocycles. The van der Waals surface area contributed by atoms with Crippen molar-refractivity contribution in [1.29, 1.82) is 0 Å². The maximum absolute atomic E-state index is 12.6. The van der Waals surface area contributed by atoms with Crippen LogP contribution in [-0.2, 0) is 31.8 Å². The van der Waals surface area contributed by atoms with Crippen molar-refractivity contribution in [3.8, 4) is 0 Å². The molecule has 1 aromatic rings. The van der Waals surface area contributed by atoms with Gasteiger partial charge in [-0.3, -0.25) is 14.4 Å². The predicted octanol–water partition coefficient (Wildman–Crippen LogP) is 5.97. The van der Waals surface area contributed by atoms with E-state index in [1.807, 2.05) is 18.7 Å². The van der Waals surface area contributed by atoms with E-state index in [1.54, 1.807) is 12.1 Å². The molecule has 3 rings (SSSR count). The second-order valence-electron chi connectivity index (χ2n) is 12.5. The molecule has 0 bridgehead atoms. The van der Waals surface area contributed by atoms with Crippen LogP contribution in [0.4, 0.5) is 18.9 Å². The van der Waals surface area contributed by atoms with Gasteiger partial charge in [0.1, 0.15) is 6.42 Å². The number of ether oxygens (including phenoxy) is 1. The number of alkyl halides is 3. The lowest BCUT2D eigenvalue weighted by Gasteiger charge is -2.37. The summed E-state index contributed by atoms with van der Waals surface area (Å²) >= 11 is 0. The maximum Gasteiger partial charge on any atom is 0.397 e. The van der Waals surface area contributed by atoms with E-state index in [2.05, 4.69) is 36.2 Å². The molecule has 15 heteroatoms. The van der Waals surface area contributed by atoms with Gasteiger partial charge in [0.2, 0.25) is 5.91 Å². The standard InChI is InChI=1S/C27H43F3NO7Si4/c1-39-37-41(4,14-7-6-13-35-42(5,38-39)15-9-10-21-18-25(33)36-26(21)34)17-16-40(2,3)23-12-8-11-22(19-23)31-24(32)20-27(28,29)30/h8,11-12,19,21H,6-7,9-10,13-18,20H2,1-5H3,(H,31,32). The van der Waals surface area contributed by atoms with Crippen molar-refractivity contribution in [3.63, 3.8) is 0 Å². The highest BCUT2D eigenvalue weighted by Crippen LogP contribution is 2.31. The third-order valence-corrected chi connectivity index (χ3v) is 22.6. The number of amides is 1. The molecule has 2 saturated heterocycles. The number of halogens is 3. The van der Waals surface area contributed by atoms with Crippen molar-refractivity contribution in [2.45, 2.75) is 102 Å². The maximum atomic E-state index is 12.6. The van der Waals surface area contributed by atoms with Crippen LogP contribution in [0.3, 0.4) is 0 Å². The summed E-state index contributed by atoms with van der Waals surface area (Å²) in [4.78, 5) is 35.0. The number of rotatable bonds is 10. The van der Waals surface area contributed by atoms with Gasteiger partial charge in [-0.1, -0.05) is 49.3 Å². The Kier molecular flexibility index (Phi) is 12.0.